The predicted molar refractivity (Wildman–Crippen MR) is 62.2 cm³/mol. The van der Waals surface area contributed by atoms with Gasteiger partial charge in [0.2, 0.25) is 0 Å². The molecule has 0 aliphatic carbocycles. The van der Waals surface area contributed by atoms with Crippen molar-refractivity contribution in [3.05, 3.63) is 41.6 Å². The van der Waals surface area contributed by atoms with E-state index in [1.54, 1.807) is 0 Å². The van der Waals surface area contributed by atoms with E-state index >= 15 is 0 Å². The molecule has 0 bridgehead atoms. The van der Waals surface area contributed by atoms with Crippen LogP contribution in [-0.4, -0.2) is 16.8 Å². The van der Waals surface area contributed by atoms with Gasteiger partial charge in [-0.05, 0) is 39.1 Å². The summed E-state index contributed by atoms with van der Waals surface area (Å²) in [5, 5.41) is 7.53. The number of aromatic nitrogens is 2. The minimum atomic E-state index is 0.0659. The lowest BCUT2D eigenvalue weighted by atomic mass is 10.1. The summed E-state index contributed by atoms with van der Waals surface area (Å²) < 4.78 is 7.63. The van der Waals surface area contributed by atoms with Crippen molar-refractivity contribution in [2.45, 2.75) is 26.4 Å². The van der Waals surface area contributed by atoms with Crippen LogP contribution in [0.15, 0.2) is 28.8 Å². The molecule has 0 aromatic carbocycles. The van der Waals surface area contributed by atoms with Crippen LogP contribution in [-0.2, 0) is 6.54 Å². The van der Waals surface area contributed by atoms with E-state index in [1.807, 2.05) is 43.0 Å². The van der Waals surface area contributed by atoms with Crippen LogP contribution in [0.5, 0.6) is 0 Å². The van der Waals surface area contributed by atoms with Gasteiger partial charge in [0.25, 0.3) is 0 Å². The van der Waals surface area contributed by atoms with E-state index in [9.17, 15) is 0 Å². The fourth-order valence-electron chi connectivity index (χ4n) is 1.90. The molecule has 4 heteroatoms. The van der Waals surface area contributed by atoms with Gasteiger partial charge in [0.1, 0.15) is 17.6 Å². The lowest BCUT2D eigenvalue weighted by Crippen LogP contribution is -2.20. The molecule has 2 aromatic rings. The minimum Gasteiger partial charge on any atom is -0.464 e. The summed E-state index contributed by atoms with van der Waals surface area (Å²) in [6.45, 7) is 4.89. The number of hydrogen-bond donors (Lipinski definition) is 1. The zero-order valence-corrected chi connectivity index (χ0v) is 9.90. The maximum atomic E-state index is 5.66. The Kier molecular flexibility index (Phi) is 3.10. The summed E-state index contributed by atoms with van der Waals surface area (Å²) in [5.41, 5.74) is 1.12. The number of nitrogens with zero attached hydrogens (tertiary/aromatic N) is 2. The van der Waals surface area contributed by atoms with Gasteiger partial charge >= 0.3 is 0 Å². The molecule has 2 rings (SSSR count). The van der Waals surface area contributed by atoms with Gasteiger partial charge in [-0.1, -0.05) is 0 Å². The Bertz CT molecular complexity index is 458. The molecule has 1 atom stereocenters. The summed E-state index contributed by atoms with van der Waals surface area (Å²) >= 11 is 0. The molecule has 0 amide bonds. The van der Waals surface area contributed by atoms with Gasteiger partial charge in [-0.2, -0.15) is 5.10 Å². The Hall–Kier alpha value is -1.55. The first-order valence-corrected chi connectivity index (χ1v) is 5.51. The third-order valence-corrected chi connectivity index (χ3v) is 2.68. The van der Waals surface area contributed by atoms with E-state index in [0.29, 0.717) is 0 Å². The predicted octanol–water partition coefficient (Wildman–Crippen LogP) is 2.11. The summed E-state index contributed by atoms with van der Waals surface area (Å²) in [4.78, 5) is 0. The quantitative estimate of drug-likeness (QED) is 0.856. The van der Waals surface area contributed by atoms with Gasteiger partial charge in [-0.25, -0.2) is 0 Å². The van der Waals surface area contributed by atoms with Crippen LogP contribution < -0.4 is 5.32 Å². The molecule has 2 aromatic heterocycles. The molecule has 2 heterocycles. The van der Waals surface area contributed by atoms with Crippen LogP contribution in [0.3, 0.4) is 0 Å². The van der Waals surface area contributed by atoms with Crippen LogP contribution in [0.2, 0.25) is 0 Å². The standard InChI is InChI=1S/C12H17N3O/c1-4-15-10(7-8-14-15)12(13-3)11-6-5-9(2)16-11/h5-8,12-13H,4H2,1-3H3. The normalized spacial score (nSPS) is 12.9. The van der Waals surface area contributed by atoms with Crippen LogP contribution >= 0.6 is 0 Å². The molecule has 1 unspecified atom stereocenters. The van der Waals surface area contributed by atoms with Gasteiger partial charge < -0.3 is 9.73 Å². The van der Waals surface area contributed by atoms with Gasteiger partial charge in [0.15, 0.2) is 0 Å². The smallest absolute Gasteiger partial charge is 0.127 e. The molecule has 0 saturated heterocycles. The average Bonchev–Trinajstić information content (AvgIpc) is 2.89. The second-order valence-electron chi connectivity index (χ2n) is 3.74. The van der Waals surface area contributed by atoms with Crippen molar-refractivity contribution in [3.63, 3.8) is 0 Å². The van der Waals surface area contributed by atoms with E-state index in [4.69, 9.17) is 4.42 Å². The molecule has 0 saturated carbocycles. The number of furan rings is 1. The van der Waals surface area contributed by atoms with Crippen LogP contribution in [0.1, 0.15) is 30.2 Å². The number of nitrogens with one attached hydrogen (secondary N) is 1. The summed E-state index contributed by atoms with van der Waals surface area (Å²) in [6.07, 6.45) is 1.82. The van der Waals surface area contributed by atoms with Gasteiger partial charge in [-0.3, -0.25) is 4.68 Å². The molecule has 4 nitrogen and oxygen atoms in total. The Morgan fingerprint density at radius 3 is 2.81 bits per heavy atom. The topological polar surface area (TPSA) is 43.0 Å². The molecular formula is C12H17N3O. The minimum absolute atomic E-state index is 0.0659. The SMILES string of the molecule is CCn1nccc1C(NC)c1ccc(C)o1. The summed E-state index contributed by atoms with van der Waals surface area (Å²) in [7, 11) is 1.93. The first-order chi connectivity index (χ1) is 7.76. The van der Waals surface area contributed by atoms with E-state index in [-0.39, 0.29) is 6.04 Å². The van der Waals surface area contributed by atoms with Crippen molar-refractivity contribution in [1.82, 2.24) is 15.1 Å². The fraction of sp³-hybridized carbons (Fsp3) is 0.417. The van der Waals surface area contributed by atoms with Crippen molar-refractivity contribution < 1.29 is 4.42 Å². The maximum absolute atomic E-state index is 5.66. The van der Waals surface area contributed by atoms with E-state index in [2.05, 4.69) is 17.3 Å². The first-order valence-electron chi connectivity index (χ1n) is 5.51. The number of aryl methyl sites for hydroxylation is 2. The average molecular weight is 219 g/mol. The van der Waals surface area contributed by atoms with Crippen molar-refractivity contribution in [3.8, 4) is 0 Å². The molecule has 0 aliphatic rings. The monoisotopic (exact) mass is 219 g/mol. The molecule has 16 heavy (non-hydrogen) atoms. The van der Waals surface area contributed by atoms with Crippen LogP contribution in [0.4, 0.5) is 0 Å². The molecule has 0 spiro atoms. The van der Waals surface area contributed by atoms with Crippen molar-refractivity contribution in [2.24, 2.45) is 0 Å². The molecule has 0 aliphatic heterocycles. The Labute approximate surface area is 95.3 Å². The van der Waals surface area contributed by atoms with E-state index in [1.165, 1.54) is 0 Å². The van der Waals surface area contributed by atoms with Crippen molar-refractivity contribution in [2.75, 3.05) is 7.05 Å². The Morgan fingerprint density at radius 2 is 2.25 bits per heavy atom. The van der Waals surface area contributed by atoms with E-state index in [0.717, 1.165) is 23.8 Å². The first kappa shape index (κ1) is 11.0. The lowest BCUT2D eigenvalue weighted by molar-refractivity contribution is 0.428. The number of hydrogen-bond acceptors (Lipinski definition) is 3. The Morgan fingerprint density at radius 1 is 1.44 bits per heavy atom. The maximum Gasteiger partial charge on any atom is 0.127 e. The van der Waals surface area contributed by atoms with Gasteiger partial charge in [0, 0.05) is 12.7 Å². The summed E-state index contributed by atoms with van der Waals surface area (Å²) in [5.74, 6) is 1.85. The lowest BCUT2D eigenvalue weighted by Gasteiger charge is -2.15. The molecule has 1 N–H and O–H groups in total. The highest BCUT2D eigenvalue weighted by Gasteiger charge is 2.18. The molecule has 0 radical (unpaired) electrons. The van der Waals surface area contributed by atoms with Gasteiger partial charge in [0.05, 0.1) is 5.69 Å². The van der Waals surface area contributed by atoms with E-state index < -0.39 is 0 Å². The zero-order valence-electron chi connectivity index (χ0n) is 9.90. The Balaban J connectivity index is 2.36. The highest BCUT2D eigenvalue weighted by molar-refractivity contribution is 5.21. The van der Waals surface area contributed by atoms with Crippen molar-refractivity contribution in [1.29, 1.82) is 0 Å². The third-order valence-electron chi connectivity index (χ3n) is 2.68. The number of rotatable bonds is 4. The highest BCUT2D eigenvalue weighted by atomic mass is 16.3. The highest BCUT2D eigenvalue weighted by Crippen LogP contribution is 2.23. The van der Waals surface area contributed by atoms with Crippen LogP contribution in [0.25, 0.3) is 0 Å². The van der Waals surface area contributed by atoms with Crippen LogP contribution in [0, 0.1) is 6.92 Å². The second kappa shape index (κ2) is 4.53. The largest absolute Gasteiger partial charge is 0.464 e. The fourth-order valence-corrected chi connectivity index (χ4v) is 1.90. The van der Waals surface area contributed by atoms with Crippen molar-refractivity contribution >= 4 is 0 Å². The van der Waals surface area contributed by atoms with Gasteiger partial charge in [-0.15, -0.1) is 0 Å². The third kappa shape index (κ3) is 1.88. The molecular weight excluding hydrogens is 202 g/mol. The zero-order chi connectivity index (χ0) is 11.5. The molecule has 0 fully saturated rings. The molecule has 86 valence electrons. The summed E-state index contributed by atoms with van der Waals surface area (Å²) in [6, 6.07) is 6.06. The second-order valence-corrected chi connectivity index (χ2v) is 3.74.